The number of carbonyl (C=O) groups is 2. The molecular weight excluding hydrogens is 376 g/mol. The fraction of sp³-hybridized carbons (Fsp3) is 0.150. The number of nitrogens with zero attached hydrogens (tertiary/aromatic N) is 2. The van der Waals surface area contributed by atoms with Crippen molar-refractivity contribution in [3.05, 3.63) is 66.0 Å². The van der Waals surface area contributed by atoms with Crippen LogP contribution in [0.15, 0.2) is 54.7 Å². The van der Waals surface area contributed by atoms with Gasteiger partial charge in [0.25, 0.3) is 5.91 Å². The molecule has 2 heterocycles. The second-order valence-corrected chi connectivity index (χ2v) is 6.33. The Hall–Kier alpha value is -4.01. The lowest BCUT2D eigenvalue weighted by atomic mass is 10.1. The first-order valence-corrected chi connectivity index (χ1v) is 8.92. The first-order chi connectivity index (χ1) is 14.1. The number of aryl methyl sites for hydroxylation is 1. The van der Waals surface area contributed by atoms with Gasteiger partial charge < -0.3 is 14.6 Å². The SMILES string of the molecule is O=C(CCc1ccc2c(c1)OCO2)NNC(=O)c1nn(-c2ccccc2)cc1O. The molecule has 3 aromatic rings. The van der Waals surface area contributed by atoms with Gasteiger partial charge in [-0.15, -0.1) is 0 Å². The van der Waals surface area contributed by atoms with Crippen LogP contribution in [0.1, 0.15) is 22.5 Å². The van der Waals surface area contributed by atoms with Crippen LogP contribution in [0.5, 0.6) is 17.2 Å². The lowest BCUT2D eigenvalue weighted by Gasteiger charge is -2.07. The van der Waals surface area contributed by atoms with Crippen molar-refractivity contribution in [3.63, 3.8) is 0 Å². The molecule has 4 rings (SSSR count). The van der Waals surface area contributed by atoms with E-state index in [-0.39, 0.29) is 30.6 Å². The van der Waals surface area contributed by atoms with Gasteiger partial charge in [0.15, 0.2) is 22.9 Å². The molecule has 3 N–H and O–H groups in total. The van der Waals surface area contributed by atoms with Crippen LogP contribution in [0, 0.1) is 0 Å². The molecule has 2 amide bonds. The lowest BCUT2D eigenvalue weighted by molar-refractivity contribution is -0.121. The van der Waals surface area contributed by atoms with E-state index in [0.29, 0.717) is 23.6 Å². The number of hydrogen-bond acceptors (Lipinski definition) is 6. The Morgan fingerprint density at radius 3 is 2.69 bits per heavy atom. The standard InChI is InChI=1S/C20H18N4O5/c25-15-11-24(14-4-2-1-3-5-14)23-19(15)20(27)22-21-18(26)9-7-13-6-8-16-17(10-13)29-12-28-16/h1-6,8,10-11,25H,7,9,12H2,(H,21,26)(H,22,27). The molecule has 0 fully saturated rings. The Kier molecular flexibility index (Phi) is 5.02. The molecule has 148 valence electrons. The van der Waals surface area contributed by atoms with Crippen LogP contribution in [0.2, 0.25) is 0 Å². The minimum absolute atomic E-state index is 0.157. The van der Waals surface area contributed by atoms with Crippen molar-refractivity contribution in [2.45, 2.75) is 12.8 Å². The number of amides is 2. The van der Waals surface area contributed by atoms with Crippen molar-refractivity contribution >= 4 is 11.8 Å². The van der Waals surface area contributed by atoms with Crippen LogP contribution in [0.4, 0.5) is 0 Å². The van der Waals surface area contributed by atoms with Crippen LogP contribution in [-0.2, 0) is 11.2 Å². The van der Waals surface area contributed by atoms with Gasteiger partial charge in [-0.25, -0.2) is 4.68 Å². The van der Waals surface area contributed by atoms with E-state index in [4.69, 9.17) is 9.47 Å². The highest BCUT2D eigenvalue weighted by Gasteiger charge is 2.18. The summed E-state index contributed by atoms with van der Waals surface area (Å²) in [7, 11) is 0. The van der Waals surface area contributed by atoms with E-state index >= 15 is 0 Å². The monoisotopic (exact) mass is 394 g/mol. The van der Waals surface area contributed by atoms with Gasteiger partial charge in [0.2, 0.25) is 12.7 Å². The Balaban J connectivity index is 1.30. The Labute approximate surface area is 165 Å². The number of carbonyl (C=O) groups excluding carboxylic acids is 2. The van der Waals surface area contributed by atoms with E-state index in [1.807, 2.05) is 30.3 Å². The number of nitrogens with one attached hydrogen (secondary N) is 2. The maximum absolute atomic E-state index is 12.2. The van der Waals surface area contributed by atoms with Gasteiger partial charge in [-0.1, -0.05) is 24.3 Å². The number of benzene rings is 2. The quantitative estimate of drug-likeness (QED) is 0.568. The number of ether oxygens (including phenoxy) is 2. The highest BCUT2D eigenvalue weighted by atomic mass is 16.7. The summed E-state index contributed by atoms with van der Waals surface area (Å²) < 4.78 is 11.9. The summed E-state index contributed by atoms with van der Waals surface area (Å²) in [5.74, 6) is -0.0477. The summed E-state index contributed by atoms with van der Waals surface area (Å²) in [6.45, 7) is 0.193. The smallest absolute Gasteiger partial charge is 0.294 e. The van der Waals surface area contributed by atoms with Gasteiger partial charge in [0, 0.05) is 6.42 Å². The van der Waals surface area contributed by atoms with E-state index in [1.165, 1.54) is 10.9 Å². The maximum atomic E-state index is 12.2. The second kappa shape index (κ2) is 7.93. The number of aromatic hydroxyl groups is 1. The molecule has 9 heteroatoms. The number of hydrogen-bond donors (Lipinski definition) is 3. The predicted molar refractivity (Wildman–Crippen MR) is 102 cm³/mol. The van der Waals surface area contributed by atoms with E-state index in [0.717, 1.165) is 5.56 Å². The van der Waals surface area contributed by atoms with Gasteiger partial charge in [-0.3, -0.25) is 20.4 Å². The van der Waals surface area contributed by atoms with Crippen molar-refractivity contribution in [2.24, 2.45) is 0 Å². The molecule has 29 heavy (non-hydrogen) atoms. The Morgan fingerprint density at radius 1 is 1.07 bits per heavy atom. The summed E-state index contributed by atoms with van der Waals surface area (Å²) in [6, 6.07) is 14.5. The minimum Gasteiger partial charge on any atom is -0.504 e. The third kappa shape index (κ3) is 4.13. The molecule has 1 aliphatic rings. The summed E-state index contributed by atoms with van der Waals surface area (Å²) >= 11 is 0. The highest BCUT2D eigenvalue weighted by Crippen LogP contribution is 2.32. The van der Waals surface area contributed by atoms with Gasteiger partial charge in [-0.2, -0.15) is 5.10 Å². The molecule has 9 nitrogen and oxygen atoms in total. The van der Waals surface area contributed by atoms with Crippen molar-refractivity contribution in [3.8, 4) is 22.9 Å². The average molecular weight is 394 g/mol. The summed E-state index contributed by atoms with van der Waals surface area (Å²) in [5.41, 5.74) is 6.00. The molecule has 0 bridgehead atoms. The first-order valence-electron chi connectivity index (χ1n) is 8.92. The third-order valence-electron chi connectivity index (χ3n) is 4.32. The second-order valence-electron chi connectivity index (χ2n) is 6.33. The molecule has 0 saturated heterocycles. The molecule has 0 aliphatic carbocycles. The third-order valence-corrected chi connectivity index (χ3v) is 4.32. The number of hydrazine groups is 1. The highest BCUT2D eigenvalue weighted by molar-refractivity contribution is 5.95. The van der Waals surface area contributed by atoms with E-state index < -0.39 is 5.91 Å². The maximum Gasteiger partial charge on any atom is 0.294 e. The molecule has 1 aliphatic heterocycles. The molecule has 0 atom stereocenters. The molecular formula is C20H18N4O5. The zero-order valence-corrected chi connectivity index (χ0v) is 15.3. The van der Waals surface area contributed by atoms with Crippen LogP contribution >= 0.6 is 0 Å². The van der Waals surface area contributed by atoms with Crippen LogP contribution in [-0.4, -0.2) is 33.5 Å². The largest absolute Gasteiger partial charge is 0.504 e. The first kappa shape index (κ1) is 18.4. The van der Waals surface area contributed by atoms with Crippen molar-refractivity contribution in [1.82, 2.24) is 20.6 Å². The molecule has 0 saturated carbocycles. The minimum atomic E-state index is -0.714. The summed E-state index contributed by atoms with van der Waals surface area (Å²) in [6.07, 6.45) is 1.95. The number of aromatic nitrogens is 2. The Bertz CT molecular complexity index is 1050. The molecule has 2 aromatic carbocycles. The van der Waals surface area contributed by atoms with Gasteiger partial charge in [-0.05, 0) is 36.2 Å². The van der Waals surface area contributed by atoms with E-state index in [2.05, 4.69) is 16.0 Å². The van der Waals surface area contributed by atoms with Gasteiger partial charge >= 0.3 is 0 Å². The Morgan fingerprint density at radius 2 is 1.86 bits per heavy atom. The fourth-order valence-corrected chi connectivity index (χ4v) is 2.84. The summed E-state index contributed by atoms with van der Waals surface area (Å²) in [4.78, 5) is 24.3. The van der Waals surface area contributed by atoms with Crippen LogP contribution < -0.4 is 20.3 Å². The molecule has 0 unspecified atom stereocenters. The summed E-state index contributed by atoms with van der Waals surface area (Å²) in [5, 5.41) is 14.0. The number of rotatable bonds is 5. The molecule has 0 radical (unpaired) electrons. The van der Waals surface area contributed by atoms with Crippen LogP contribution in [0.25, 0.3) is 5.69 Å². The van der Waals surface area contributed by atoms with Crippen molar-refractivity contribution < 1.29 is 24.2 Å². The van der Waals surface area contributed by atoms with Crippen molar-refractivity contribution in [2.75, 3.05) is 6.79 Å². The molecule has 1 aromatic heterocycles. The van der Waals surface area contributed by atoms with E-state index in [9.17, 15) is 14.7 Å². The molecule has 0 spiro atoms. The van der Waals surface area contributed by atoms with E-state index in [1.54, 1.807) is 18.2 Å². The zero-order chi connectivity index (χ0) is 20.2. The average Bonchev–Trinajstić information content (AvgIpc) is 3.37. The number of para-hydroxylation sites is 1. The van der Waals surface area contributed by atoms with Gasteiger partial charge in [0.1, 0.15) is 0 Å². The fourth-order valence-electron chi connectivity index (χ4n) is 2.84. The predicted octanol–water partition coefficient (Wildman–Crippen LogP) is 1.70. The number of fused-ring (bicyclic) bond motifs is 1. The van der Waals surface area contributed by atoms with Crippen molar-refractivity contribution in [1.29, 1.82) is 0 Å². The topological polar surface area (TPSA) is 115 Å². The zero-order valence-electron chi connectivity index (χ0n) is 15.3. The van der Waals surface area contributed by atoms with Gasteiger partial charge in [0.05, 0.1) is 11.9 Å². The normalized spacial score (nSPS) is 11.9. The lowest BCUT2D eigenvalue weighted by Crippen LogP contribution is -2.42. The van der Waals surface area contributed by atoms with Crippen LogP contribution in [0.3, 0.4) is 0 Å².